The van der Waals surface area contributed by atoms with Gasteiger partial charge in [0.2, 0.25) is 0 Å². The maximum Gasteiger partial charge on any atom is 0.261 e. The standard InChI is InChI=1S/C19H19BrN2O3/c1-21(12-13-11-14(20)7-8-17(13)25-2)9-10-22-18(23)15-5-3-4-6-16(15)19(22)24/h3-8,11H,9-10,12H2,1-2H3. The van der Waals surface area contributed by atoms with E-state index in [2.05, 4.69) is 20.8 Å². The van der Waals surface area contributed by atoms with Gasteiger partial charge in [0.15, 0.2) is 0 Å². The van der Waals surface area contributed by atoms with Gasteiger partial charge in [0, 0.05) is 29.7 Å². The Balaban J connectivity index is 1.64. The van der Waals surface area contributed by atoms with Crippen LogP contribution >= 0.6 is 15.9 Å². The van der Waals surface area contributed by atoms with Crippen molar-refractivity contribution in [2.45, 2.75) is 6.54 Å². The van der Waals surface area contributed by atoms with Crippen molar-refractivity contribution in [3.8, 4) is 5.75 Å². The summed E-state index contributed by atoms with van der Waals surface area (Å²) in [5.74, 6) is 0.388. The summed E-state index contributed by atoms with van der Waals surface area (Å²) in [4.78, 5) is 28.1. The van der Waals surface area contributed by atoms with Gasteiger partial charge in [0.25, 0.3) is 11.8 Å². The maximum atomic E-state index is 12.4. The molecule has 2 aromatic carbocycles. The highest BCUT2D eigenvalue weighted by Crippen LogP contribution is 2.25. The number of imide groups is 1. The molecule has 0 atom stereocenters. The predicted molar refractivity (Wildman–Crippen MR) is 98.8 cm³/mol. The zero-order valence-electron chi connectivity index (χ0n) is 14.2. The minimum atomic E-state index is -0.214. The zero-order valence-corrected chi connectivity index (χ0v) is 15.7. The third-order valence-corrected chi connectivity index (χ3v) is 4.76. The van der Waals surface area contributed by atoms with E-state index in [1.54, 1.807) is 31.4 Å². The van der Waals surface area contributed by atoms with Crippen LogP contribution in [0.2, 0.25) is 0 Å². The molecule has 130 valence electrons. The van der Waals surface area contributed by atoms with Crippen molar-refractivity contribution in [3.05, 3.63) is 63.6 Å². The second kappa shape index (κ2) is 7.37. The second-order valence-corrected chi connectivity index (χ2v) is 6.92. The van der Waals surface area contributed by atoms with E-state index in [9.17, 15) is 9.59 Å². The van der Waals surface area contributed by atoms with Crippen LogP contribution in [0.25, 0.3) is 0 Å². The fourth-order valence-corrected chi connectivity index (χ4v) is 3.36. The summed E-state index contributed by atoms with van der Waals surface area (Å²) < 4.78 is 6.37. The number of likely N-dealkylation sites (N-methyl/N-ethyl adjacent to an activating group) is 1. The quantitative estimate of drug-likeness (QED) is 0.696. The van der Waals surface area contributed by atoms with Gasteiger partial charge in [0.05, 0.1) is 18.2 Å². The molecule has 0 unspecified atom stereocenters. The summed E-state index contributed by atoms with van der Waals surface area (Å²) in [6.07, 6.45) is 0. The minimum absolute atomic E-state index is 0.214. The molecule has 5 nitrogen and oxygen atoms in total. The number of amides is 2. The van der Waals surface area contributed by atoms with E-state index in [1.807, 2.05) is 25.2 Å². The van der Waals surface area contributed by atoms with Crippen LogP contribution in [0.15, 0.2) is 46.9 Å². The summed E-state index contributed by atoms with van der Waals surface area (Å²) in [7, 11) is 3.60. The molecule has 1 heterocycles. The number of methoxy groups -OCH3 is 1. The normalized spacial score (nSPS) is 13.5. The van der Waals surface area contributed by atoms with Gasteiger partial charge in [-0.05, 0) is 37.4 Å². The molecule has 0 saturated heterocycles. The molecule has 25 heavy (non-hydrogen) atoms. The number of halogens is 1. The number of ether oxygens (including phenoxy) is 1. The molecule has 3 rings (SSSR count). The molecule has 0 fully saturated rings. The average Bonchev–Trinajstić information content (AvgIpc) is 2.85. The first-order chi connectivity index (χ1) is 12.0. The van der Waals surface area contributed by atoms with Crippen molar-refractivity contribution in [1.82, 2.24) is 9.80 Å². The van der Waals surface area contributed by atoms with Crippen LogP contribution in [0.4, 0.5) is 0 Å². The van der Waals surface area contributed by atoms with Gasteiger partial charge in [0.1, 0.15) is 5.75 Å². The maximum absolute atomic E-state index is 12.4. The first kappa shape index (κ1) is 17.6. The molecule has 2 amide bonds. The van der Waals surface area contributed by atoms with Crippen LogP contribution in [0.3, 0.4) is 0 Å². The largest absolute Gasteiger partial charge is 0.496 e. The highest BCUT2D eigenvalue weighted by atomic mass is 79.9. The van der Waals surface area contributed by atoms with E-state index >= 15 is 0 Å². The number of nitrogens with zero attached hydrogens (tertiary/aromatic N) is 2. The molecule has 0 saturated carbocycles. The topological polar surface area (TPSA) is 49.9 Å². The lowest BCUT2D eigenvalue weighted by molar-refractivity contribution is 0.0640. The van der Waals surface area contributed by atoms with Gasteiger partial charge >= 0.3 is 0 Å². The molecule has 0 bridgehead atoms. The Labute approximate surface area is 155 Å². The predicted octanol–water partition coefficient (Wildman–Crippen LogP) is 3.19. The van der Waals surface area contributed by atoms with Crippen LogP contribution in [0.1, 0.15) is 26.3 Å². The summed E-state index contributed by atoms with van der Waals surface area (Å²) in [6, 6.07) is 12.8. The highest BCUT2D eigenvalue weighted by molar-refractivity contribution is 9.10. The lowest BCUT2D eigenvalue weighted by atomic mass is 10.1. The smallest absolute Gasteiger partial charge is 0.261 e. The number of carbonyl (C=O) groups excluding carboxylic acids is 2. The van der Waals surface area contributed by atoms with Crippen molar-refractivity contribution < 1.29 is 14.3 Å². The molecule has 0 aromatic heterocycles. The van der Waals surface area contributed by atoms with E-state index in [0.717, 1.165) is 15.8 Å². The summed E-state index contributed by atoms with van der Waals surface area (Å²) in [5, 5.41) is 0. The number of rotatable bonds is 6. The van der Waals surface area contributed by atoms with Crippen molar-refractivity contribution in [2.75, 3.05) is 27.2 Å². The van der Waals surface area contributed by atoms with Crippen LogP contribution in [0, 0.1) is 0 Å². The SMILES string of the molecule is COc1ccc(Br)cc1CN(C)CCN1C(=O)c2ccccc2C1=O. The van der Waals surface area contributed by atoms with E-state index in [0.29, 0.717) is 30.8 Å². The van der Waals surface area contributed by atoms with Gasteiger partial charge in [-0.25, -0.2) is 0 Å². The van der Waals surface area contributed by atoms with E-state index in [4.69, 9.17) is 4.74 Å². The number of benzene rings is 2. The third-order valence-electron chi connectivity index (χ3n) is 4.27. The van der Waals surface area contributed by atoms with Crippen LogP contribution < -0.4 is 4.74 Å². The Morgan fingerprint density at radius 3 is 2.32 bits per heavy atom. The van der Waals surface area contributed by atoms with Crippen molar-refractivity contribution in [3.63, 3.8) is 0 Å². The van der Waals surface area contributed by atoms with Gasteiger partial charge < -0.3 is 9.64 Å². The third kappa shape index (κ3) is 3.60. The lowest BCUT2D eigenvalue weighted by Crippen LogP contribution is -2.36. The molecule has 6 heteroatoms. The van der Waals surface area contributed by atoms with E-state index in [1.165, 1.54) is 4.90 Å². The number of hydrogen-bond acceptors (Lipinski definition) is 4. The van der Waals surface area contributed by atoms with Crippen molar-refractivity contribution in [2.24, 2.45) is 0 Å². The summed E-state index contributed by atoms with van der Waals surface area (Å²) in [6.45, 7) is 1.60. The van der Waals surface area contributed by atoms with Gasteiger partial charge in [-0.15, -0.1) is 0 Å². The molecular formula is C19H19BrN2O3. The lowest BCUT2D eigenvalue weighted by Gasteiger charge is -2.21. The first-order valence-electron chi connectivity index (χ1n) is 7.97. The van der Waals surface area contributed by atoms with Crippen molar-refractivity contribution in [1.29, 1.82) is 0 Å². The minimum Gasteiger partial charge on any atom is -0.496 e. The fraction of sp³-hybridized carbons (Fsp3) is 0.263. The van der Waals surface area contributed by atoms with Crippen LogP contribution in [-0.2, 0) is 6.54 Å². The van der Waals surface area contributed by atoms with Gasteiger partial charge in [-0.2, -0.15) is 0 Å². The van der Waals surface area contributed by atoms with Gasteiger partial charge in [-0.3, -0.25) is 14.5 Å². The molecule has 0 aliphatic carbocycles. The Bertz CT molecular complexity index is 787. The molecular weight excluding hydrogens is 384 g/mol. The average molecular weight is 403 g/mol. The molecule has 2 aromatic rings. The number of fused-ring (bicyclic) bond motifs is 1. The Hall–Kier alpha value is -2.18. The second-order valence-electron chi connectivity index (χ2n) is 6.00. The van der Waals surface area contributed by atoms with E-state index in [-0.39, 0.29) is 11.8 Å². The Kier molecular flexibility index (Phi) is 5.20. The first-order valence-corrected chi connectivity index (χ1v) is 8.76. The number of carbonyl (C=O) groups is 2. The molecule has 0 spiro atoms. The Morgan fingerprint density at radius 1 is 1.08 bits per heavy atom. The fourth-order valence-electron chi connectivity index (χ4n) is 2.95. The van der Waals surface area contributed by atoms with Crippen LogP contribution in [0.5, 0.6) is 5.75 Å². The monoisotopic (exact) mass is 402 g/mol. The summed E-state index contributed by atoms with van der Waals surface area (Å²) in [5.41, 5.74) is 2.02. The zero-order chi connectivity index (χ0) is 18.0. The molecule has 0 radical (unpaired) electrons. The molecule has 0 N–H and O–H groups in total. The van der Waals surface area contributed by atoms with E-state index < -0.39 is 0 Å². The van der Waals surface area contributed by atoms with Gasteiger partial charge in [-0.1, -0.05) is 28.1 Å². The number of hydrogen-bond donors (Lipinski definition) is 0. The molecule has 1 aliphatic heterocycles. The molecule has 1 aliphatic rings. The Morgan fingerprint density at radius 2 is 1.72 bits per heavy atom. The van der Waals surface area contributed by atoms with Crippen LogP contribution in [-0.4, -0.2) is 48.9 Å². The highest BCUT2D eigenvalue weighted by Gasteiger charge is 2.34. The van der Waals surface area contributed by atoms with Crippen molar-refractivity contribution >= 4 is 27.7 Å². The summed E-state index contributed by atoms with van der Waals surface area (Å²) >= 11 is 3.47.